The third-order valence-corrected chi connectivity index (χ3v) is 5.98. The number of rotatable bonds is 3. The standard InChI is InChI=1S/C19H24N4OS/c1-14-5-4-10-23(12-14)19(24)16-13-25-18(21-16)15-6-7-17(20-11-15)22-8-2-3-9-22/h6-7,11,13-14H,2-5,8-10,12H2,1H3/t14-/m1/s1. The van der Waals surface area contributed by atoms with Crippen molar-refractivity contribution in [1.82, 2.24) is 14.9 Å². The van der Waals surface area contributed by atoms with Gasteiger partial charge in [-0.15, -0.1) is 11.3 Å². The molecule has 2 aromatic heterocycles. The zero-order valence-corrected chi connectivity index (χ0v) is 15.5. The molecule has 2 fully saturated rings. The molecule has 4 heterocycles. The smallest absolute Gasteiger partial charge is 0.273 e. The van der Waals surface area contributed by atoms with Gasteiger partial charge < -0.3 is 9.80 Å². The van der Waals surface area contributed by atoms with E-state index in [0.717, 1.165) is 49.0 Å². The Morgan fingerprint density at radius 3 is 2.76 bits per heavy atom. The Kier molecular flexibility index (Phi) is 4.70. The van der Waals surface area contributed by atoms with E-state index in [4.69, 9.17) is 0 Å². The Bertz CT molecular complexity index is 736. The number of hydrogen-bond acceptors (Lipinski definition) is 5. The van der Waals surface area contributed by atoms with Gasteiger partial charge in [0.05, 0.1) is 0 Å². The summed E-state index contributed by atoms with van der Waals surface area (Å²) in [5.74, 6) is 1.69. The number of hydrogen-bond donors (Lipinski definition) is 0. The van der Waals surface area contributed by atoms with E-state index in [0.29, 0.717) is 11.6 Å². The maximum atomic E-state index is 12.7. The molecular weight excluding hydrogens is 332 g/mol. The normalized spacial score (nSPS) is 20.9. The minimum absolute atomic E-state index is 0.0655. The largest absolute Gasteiger partial charge is 0.357 e. The topological polar surface area (TPSA) is 49.3 Å². The summed E-state index contributed by atoms with van der Waals surface area (Å²) in [6, 6.07) is 4.13. The zero-order chi connectivity index (χ0) is 17.2. The van der Waals surface area contributed by atoms with Crippen molar-refractivity contribution >= 4 is 23.1 Å². The zero-order valence-electron chi connectivity index (χ0n) is 14.6. The van der Waals surface area contributed by atoms with Gasteiger partial charge in [0.2, 0.25) is 0 Å². The first-order chi connectivity index (χ1) is 12.2. The number of aromatic nitrogens is 2. The minimum atomic E-state index is 0.0655. The highest BCUT2D eigenvalue weighted by atomic mass is 32.1. The lowest BCUT2D eigenvalue weighted by Gasteiger charge is -2.30. The van der Waals surface area contributed by atoms with Crippen molar-refractivity contribution in [3.63, 3.8) is 0 Å². The molecule has 0 aromatic carbocycles. The number of pyridine rings is 1. The van der Waals surface area contributed by atoms with E-state index in [2.05, 4.69) is 33.9 Å². The average Bonchev–Trinajstić information content (AvgIpc) is 3.33. The number of thiazole rings is 1. The van der Waals surface area contributed by atoms with Crippen LogP contribution in [0.25, 0.3) is 10.6 Å². The molecule has 2 saturated heterocycles. The molecule has 0 aliphatic carbocycles. The van der Waals surface area contributed by atoms with Gasteiger partial charge in [0.15, 0.2) is 0 Å². The summed E-state index contributed by atoms with van der Waals surface area (Å²) in [4.78, 5) is 26.1. The van der Waals surface area contributed by atoms with Gasteiger partial charge in [0.25, 0.3) is 5.91 Å². The van der Waals surface area contributed by atoms with Crippen molar-refractivity contribution in [2.45, 2.75) is 32.6 Å². The lowest BCUT2D eigenvalue weighted by Crippen LogP contribution is -2.39. The Labute approximate surface area is 152 Å². The Balaban J connectivity index is 1.48. The summed E-state index contributed by atoms with van der Waals surface area (Å²) in [5, 5.41) is 2.75. The maximum absolute atomic E-state index is 12.7. The van der Waals surface area contributed by atoms with Gasteiger partial charge in [-0.25, -0.2) is 9.97 Å². The monoisotopic (exact) mass is 356 g/mol. The first kappa shape index (κ1) is 16.5. The Morgan fingerprint density at radius 2 is 2.04 bits per heavy atom. The molecule has 0 N–H and O–H groups in total. The van der Waals surface area contributed by atoms with Gasteiger partial charge in [-0.05, 0) is 43.7 Å². The van der Waals surface area contributed by atoms with Crippen LogP contribution >= 0.6 is 11.3 Å². The van der Waals surface area contributed by atoms with E-state index in [1.54, 1.807) is 0 Å². The second kappa shape index (κ2) is 7.12. The third-order valence-electron chi connectivity index (χ3n) is 5.09. The number of amides is 1. The number of carbonyl (C=O) groups excluding carboxylic acids is 1. The van der Waals surface area contributed by atoms with Gasteiger partial charge in [0.1, 0.15) is 16.5 Å². The molecule has 0 radical (unpaired) electrons. The van der Waals surface area contributed by atoms with E-state index in [1.165, 1.54) is 30.6 Å². The number of piperidine rings is 1. The molecule has 1 amide bonds. The van der Waals surface area contributed by atoms with Crippen molar-refractivity contribution < 1.29 is 4.79 Å². The van der Waals surface area contributed by atoms with Crippen LogP contribution in [-0.2, 0) is 0 Å². The molecule has 0 bridgehead atoms. The summed E-state index contributed by atoms with van der Waals surface area (Å²) in [6.07, 6.45) is 6.67. The number of carbonyl (C=O) groups is 1. The number of anilines is 1. The number of nitrogens with zero attached hydrogens (tertiary/aromatic N) is 4. The molecule has 1 atom stereocenters. The second-order valence-corrected chi connectivity index (χ2v) is 7.99. The van der Waals surface area contributed by atoms with Crippen molar-refractivity contribution in [1.29, 1.82) is 0 Å². The SMILES string of the molecule is C[C@@H]1CCCN(C(=O)c2csc(-c3ccc(N4CCCC4)nc3)n2)C1. The van der Waals surface area contributed by atoms with Crippen molar-refractivity contribution in [3.05, 3.63) is 29.4 Å². The van der Waals surface area contributed by atoms with Gasteiger partial charge in [0, 0.05) is 43.3 Å². The van der Waals surface area contributed by atoms with Gasteiger partial charge in [-0.2, -0.15) is 0 Å². The molecule has 0 saturated carbocycles. The molecule has 6 heteroatoms. The second-order valence-electron chi connectivity index (χ2n) is 7.14. The predicted octanol–water partition coefficient (Wildman–Crippen LogP) is 3.68. The highest BCUT2D eigenvalue weighted by Gasteiger charge is 2.24. The average molecular weight is 356 g/mol. The van der Waals surface area contributed by atoms with Crippen LogP contribution in [0.4, 0.5) is 5.82 Å². The third kappa shape index (κ3) is 3.54. The van der Waals surface area contributed by atoms with Crippen LogP contribution in [0.5, 0.6) is 0 Å². The quantitative estimate of drug-likeness (QED) is 0.842. The summed E-state index contributed by atoms with van der Waals surface area (Å²) >= 11 is 1.52. The first-order valence-corrected chi connectivity index (χ1v) is 10.0. The van der Waals surface area contributed by atoms with Crippen LogP contribution < -0.4 is 4.90 Å². The molecular formula is C19H24N4OS. The van der Waals surface area contributed by atoms with E-state index < -0.39 is 0 Å². The van der Waals surface area contributed by atoms with Crippen molar-refractivity contribution in [3.8, 4) is 10.6 Å². The first-order valence-electron chi connectivity index (χ1n) is 9.17. The molecule has 2 aliphatic rings. The van der Waals surface area contributed by atoms with Crippen LogP contribution in [0, 0.1) is 5.92 Å². The summed E-state index contributed by atoms with van der Waals surface area (Å²) < 4.78 is 0. The minimum Gasteiger partial charge on any atom is -0.357 e. The van der Waals surface area contributed by atoms with Gasteiger partial charge in [-0.1, -0.05) is 6.92 Å². The molecule has 5 nitrogen and oxygen atoms in total. The lowest BCUT2D eigenvalue weighted by atomic mass is 10.0. The summed E-state index contributed by atoms with van der Waals surface area (Å²) in [7, 11) is 0. The molecule has 132 valence electrons. The fraction of sp³-hybridized carbons (Fsp3) is 0.526. The molecule has 0 unspecified atom stereocenters. The van der Waals surface area contributed by atoms with Crippen LogP contribution in [-0.4, -0.2) is 47.0 Å². The summed E-state index contributed by atoms with van der Waals surface area (Å²) in [6.45, 7) is 6.09. The lowest BCUT2D eigenvalue weighted by molar-refractivity contribution is 0.0678. The van der Waals surface area contributed by atoms with E-state index in [1.807, 2.05) is 16.5 Å². The molecule has 4 rings (SSSR count). The van der Waals surface area contributed by atoms with Crippen LogP contribution in [0.1, 0.15) is 43.1 Å². The van der Waals surface area contributed by atoms with Crippen molar-refractivity contribution in [2.75, 3.05) is 31.1 Å². The molecule has 25 heavy (non-hydrogen) atoms. The highest BCUT2D eigenvalue weighted by molar-refractivity contribution is 7.13. The Morgan fingerprint density at radius 1 is 1.20 bits per heavy atom. The van der Waals surface area contributed by atoms with Crippen LogP contribution in [0.3, 0.4) is 0 Å². The Hall–Kier alpha value is -1.95. The van der Waals surface area contributed by atoms with Crippen LogP contribution in [0.2, 0.25) is 0 Å². The number of likely N-dealkylation sites (tertiary alicyclic amines) is 1. The van der Waals surface area contributed by atoms with Crippen LogP contribution in [0.15, 0.2) is 23.7 Å². The van der Waals surface area contributed by atoms with E-state index in [-0.39, 0.29) is 5.91 Å². The van der Waals surface area contributed by atoms with Gasteiger partial charge in [-0.3, -0.25) is 4.79 Å². The van der Waals surface area contributed by atoms with Crippen molar-refractivity contribution in [2.24, 2.45) is 5.92 Å². The highest BCUT2D eigenvalue weighted by Crippen LogP contribution is 2.27. The fourth-order valence-corrected chi connectivity index (χ4v) is 4.47. The predicted molar refractivity (Wildman–Crippen MR) is 101 cm³/mol. The van der Waals surface area contributed by atoms with E-state index in [9.17, 15) is 4.79 Å². The summed E-state index contributed by atoms with van der Waals surface area (Å²) in [5.41, 5.74) is 1.55. The molecule has 2 aliphatic heterocycles. The molecule has 0 spiro atoms. The molecule has 2 aromatic rings. The maximum Gasteiger partial charge on any atom is 0.273 e. The van der Waals surface area contributed by atoms with E-state index >= 15 is 0 Å². The fourth-order valence-electron chi connectivity index (χ4n) is 3.69. The van der Waals surface area contributed by atoms with Gasteiger partial charge >= 0.3 is 0 Å².